The Morgan fingerprint density at radius 2 is 1.67 bits per heavy atom. The van der Waals surface area contributed by atoms with E-state index in [1.54, 1.807) is 12.4 Å². The van der Waals surface area contributed by atoms with Crippen molar-refractivity contribution >= 4 is 11.6 Å². The molecule has 8 heteroatoms. The summed E-state index contributed by atoms with van der Waals surface area (Å²) in [7, 11) is 0. The smallest absolute Gasteiger partial charge is 0.316 e. The van der Waals surface area contributed by atoms with Crippen LogP contribution in [0.5, 0.6) is 6.01 Å². The third-order valence-electron chi connectivity index (χ3n) is 10.8. The predicted molar refractivity (Wildman–Crippen MR) is 160 cm³/mol. The van der Waals surface area contributed by atoms with E-state index in [-0.39, 0.29) is 21.7 Å². The molecule has 4 bridgehead atoms. The average Bonchev–Trinajstić information content (AvgIpc) is 3.48. The molecule has 42 heavy (non-hydrogen) atoms. The van der Waals surface area contributed by atoms with Crippen molar-refractivity contribution in [2.75, 3.05) is 18.1 Å². The molecule has 3 aromatic rings. The monoisotopic (exact) mass is 569 g/mol. The molecule has 0 aliphatic heterocycles. The summed E-state index contributed by atoms with van der Waals surface area (Å²) in [4.78, 5) is 30.1. The van der Waals surface area contributed by atoms with Crippen LogP contribution in [0.3, 0.4) is 0 Å². The van der Waals surface area contributed by atoms with E-state index in [2.05, 4.69) is 72.0 Å². The Hall–Kier alpha value is -3.29. The van der Waals surface area contributed by atoms with Gasteiger partial charge in [-0.15, -0.1) is 0 Å². The fraction of sp³-hybridized carbons (Fsp3) is 0.618. The van der Waals surface area contributed by atoms with Gasteiger partial charge in [-0.2, -0.15) is 4.98 Å². The van der Waals surface area contributed by atoms with Crippen molar-refractivity contribution in [2.45, 2.75) is 103 Å². The van der Waals surface area contributed by atoms with Crippen LogP contribution < -0.4 is 9.64 Å². The van der Waals surface area contributed by atoms with Crippen LogP contribution in [0.2, 0.25) is 0 Å². The van der Waals surface area contributed by atoms with Crippen LogP contribution in [0.1, 0.15) is 104 Å². The summed E-state index contributed by atoms with van der Waals surface area (Å²) < 4.78 is 11.3. The number of ether oxygens (including phenoxy) is 1. The van der Waals surface area contributed by atoms with Crippen LogP contribution in [-0.4, -0.2) is 39.2 Å². The SMILES string of the molecule is CCOc1ncc(-c2cccc(N(CC34CCC(c5nc(C(C)(C)C)no5)(CC3)CC4)C(=O)C34CC(C)(C3)C4)c2)cn1. The predicted octanol–water partition coefficient (Wildman–Crippen LogP) is 7.04. The maximum atomic E-state index is 14.4. The van der Waals surface area contributed by atoms with Crippen LogP contribution in [0.25, 0.3) is 11.1 Å². The molecule has 9 rings (SSSR count). The molecule has 0 spiro atoms. The number of nitrogens with zero attached hydrogens (tertiary/aromatic N) is 5. The molecule has 222 valence electrons. The molecular formula is C34H43N5O3. The number of carbonyl (C=O) groups excluding carboxylic acids is 1. The summed E-state index contributed by atoms with van der Waals surface area (Å²) >= 11 is 0. The highest BCUT2D eigenvalue weighted by atomic mass is 16.5. The first-order valence-electron chi connectivity index (χ1n) is 15.7. The average molecular weight is 570 g/mol. The largest absolute Gasteiger partial charge is 0.464 e. The zero-order valence-corrected chi connectivity index (χ0v) is 25.7. The van der Waals surface area contributed by atoms with Crippen molar-refractivity contribution in [2.24, 2.45) is 16.2 Å². The second-order valence-corrected chi connectivity index (χ2v) is 15.2. The molecule has 1 aromatic carbocycles. The Bertz CT molecular complexity index is 1460. The summed E-state index contributed by atoms with van der Waals surface area (Å²) in [5, 5.41) is 4.35. The number of amides is 1. The van der Waals surface area contributed by atoms with Crippen LogP contribution in [0.15, 0.2) is 41.2 Å². The normalized spacial score (nSPS) is 31.3. The molecule has 0 saturated heterocycles. The maximum absolute atomic E-state index is 14.4. The molecule has 2 heterocycles. The summed E-state index contributed by atoms with van der Waals surface area (Å²) in [6, 6.07) is 8.74. The van der Waals surface area contributed by atoms with E-state index in [1.165, 1.54) is 0 Å². The highest BCUT2D eigenvalue weighted by molar-refractivity contribution is 6.00. The minimum Gasteiger partial charge on any atom is -0.464 e. The van der Waals surface area contributed by atoms with Crippen LogP contribution in [0, 0.1) is 16.2 Å². The number of aromatic nitrogens is 4. The first-order chi connectivity index (χ1) is 20.0. The lowest BCUT2D eigenvalue weighted by atomic mass is 9.35. The zero-order chi connectivity index (χ0) is 29.4. The van der Waals surface area contributed by atoms with Gasteiger partial charge in [0.25, 0.3) is 0 Å². The molecule has 6 aliphatic rings. The number of hydrogen-bond donors (Lipinski definition) is 0. The Morgan fingerprint density at radius 1 is 1.00 bits per heavy atom. The van der Waals surface area contributed by atoms with Crippen LogP contribution >= 0.6 is 0 Å². The lowest BCUT2D eigenvalue weighted by Crippen LogP contribution is -2.67. The first-order valence-corrected chi connectivity index (χ1v) is 15.7. The summed E-state index contributed by atoms with van der Waals surface area (Å²) in [6.45, 7) is 11.9. The van der Waals surface area contributed by atoms with Crippen LogP contribution in [0.4, 0.5) is 5.69 Å². The quantitative estimate of drug-likeness (QED) is 0.287. The summed E-state index contributed by atoms with van der Waals surface area (Å²) in [5.41, 5.74) is 3.04. The first kappa shape index (κ1) is 27.5. The van der Waals surface area contributed by atoms with Gasteiger partial charge in [0.2, 0.25) is 11.8 Å². The van der Waals surface area contributed by atoms with Gasteiger partial charge in [-0.05, 0) is 93.2 Å². The van der Waals surface area contributed by atoms with Gasteiger partial charge in [0.05, 0.1) is 12.0 Å². The molecule has 0 atom stereocenters. The Morgan fingerprint density at radius 3 is 2.24 bits per heavy atom. The Labute approximate surface area is 248 Å². The van der Waals surface area contributed by atoms with E-state index in [9.17, 15) is 4.79 Å². The number of carbonyl (C=O) groups is 1. The minimum atomic E-state index is -0.177. The molecule has 0 radical (unpaired) electrons. The molecule has 0 unspecified atom stereocenters. The second kappa shape index (κ2) is 9.35. The van der Waals surface area contributed by atoms with Crippen molar-refractivity contribution in [3.8, 4) is 17.1 Å². The minimum absolute atomic E-state index is 0.0247. The molecule has 6 aliphatic carbocycles. The van der Waals surface area contributed by atoms with Gasteiger partial charge < -0.3 is 14.2 Å². The molecule has 6 fully saturated rings. The maximum Gasteiger partial charge on any atom is 0.316 e. The lowest BCUT2D eigenvalue weighted by molar-refractivity contribution is -0.197. The van der Waals surface area contributed by atoms with Gasteiger partial charge in [-0.1, -0.05) is 45.0 Å². The Balaban J connectivity index is 1.15. The number of anilines is 1. The van der Waals surface area contributed by atoms with Gasteiger partial charge in [-0.3, -0.25) is 4.79 Å². The number of rotatable bonds is 8. The lowest BCUT2D eigenvalue weighted by Gasteiger charge is -2.69. The van der Waals surface area contributed by atoms with Gasteiger partial charge >= 0.3 is 6.01 Å². The molecule has 6 saturated carbocycles. The zero-order valence-electron chi connectivity index (χ0n) is 25.7. The Kier molecular flexibility index (Phi) is 6.13. The third kappa shape index (κ3) is 4.44. The fourth-order valence-electron chi connectivity index (χ4n) is 8.51. The highest BCUT2D eigenvalue weighted by Crippen LogP contribution is 2.74. The molecule has 0 N–H and O–H groups in total. The van der Waals surface area contributed by atoms with E-state index in [0.29, 0.717) is 23.9 Å². The fourth-order valence-corrected chi connectivity index (χ4v) is 8.51. The van der Waals surface area contributed by atoms with Crippen LogP contribution in [-0.2, 0) is 15.6 Å². The van der Waals surface area contributed by atoms with Crippen molar-refractivity contribution in [1.29, 1.82) is 0 Å². The third-order valence-corrected chi connectivity index (χ3v) is 10.8. The summed E-state index contributed by atoms with van der Waals surface area (Å²) in [6.07, 6.45) is 13.0. The topological polar surface area (TPSA) is 94.2 Å². The number of benzene rings is 1. The van der Waals surface area contributed by atoms with Gasteiger partial charge in [0.1, 0.15) is 0 Å². The van der Waals surface area contributed by atoms with Gasteiger partial charge in [0, 0.05) is 41.0 Å². The van der Waals surface area contributed by atoms with E-state index in [0.717, 1.165) is 92.9 Å². The summed E-state index contributed by atoms with van der Waals surface area (Å²) in [5.74, 6) is 1.92. The molecule has 1 amide bonds. The molecule has 2 aromatic heterocycles. The highest BCUT2D eigenvalue weighted by Gasteiger charge is 2.70. The van der Waals surface area contributed by atoms with E-state index < -0.39 is 0 Å². The van der Waals surface area contributed by atoms with E-state index in [4.69, 9.17) is 14.2 Å². The molecule has 8 nitrogen and oxygen atoms in total. The van der Waals surface area contributed by atoms with E-state index in [1.807, 2.05) is 6.92 Å². The number of hydrogen-bond acceptors (Lipinski definition) is 7. The van der Waals surface area contributed by atoms with Crippen molar-refractivity contribution < 1.29 is 14.1 Å². The van der Waals surface area contributed by atoms with E-state index >= 15 is 0 Å². The van der Waals surface area contributed by atoms with Gasteiger partial charge in [-0.25, -0.2) is 9.97 Å². The van der Waals surface area contributed by atoms with Gasteiger partial charge in [0.15, 0.2) is 5.82 Å². The number of fused-ring (bicyclic) bond motifs is 3. The van der Waals surface area contributed by atoms with Crippen molar-refractivity contribution in [3.63, 3.8) is 0 Å². The standard InChI is InChI=1S/C34H43N5O3/c1-6-41-29-35-17-24(18-36-29)23-8-7-9-25(16-23)39(28(40)34-19-31(5,20-34)21-34)22-32-10-13-33(14-11-32,15-12-32)27-37-26(38-42-27)30(2,3)4/h7-9,16-18H,6,10-15,19-22H2,1-5H3. The van der Waals surface area contributed by atoms with Crippen molar-refractivity contribution in [1.82, 2.24) is 20.1 Å². The molecular weight excluding hydrogens is 526 g/mol. The second-order valence-electron chi connectivity index (χ2n) is 15.2. The van der Waals surface area contributed by atoms with Crippen molar-refractivity contribution in [3.05, 3.63) is 48.4 Å².